The molecule has 196 valence electrons. The first-order chi connectivity index (χ1) is 17.8. The predicted octanol–water partition coefficient (Wildman–Crippen LogP) is 4.31. The maximum absolute atomic E-state index is 13.2. The van der Waals surface area contributed by atoms with Crippen LogP contribution < -0.4 is 24.2 Å². The third kappa shape index (κ3) is 5.70. The molecule has 0 aliphatic heterocycles. The van der Waals surface area contributed by atoms with Crippen molar-refractivity contribution >= 4 is 44.2 Å². The van der Waals surface area contributed by atoms with E-state index in [1.807, 2.05) is 6.92 Å². The third-order valence-electron chi connectivity index (χ3n) is 5.24. The molecule has 0 saturated carbocycles. The van der Waals surface area contributed by atoms with Gasteiger partial charge in [-0.2, -0.15) is 0 Å². The first-order valence-electron chi connectivity index (χ1n) is 10.9. The average molecular weight is 549 g/mol. The second kappa shape index (κ2) is 10.9. The smallest absolute Gasteiger partial charge is 0.407 e. The van der Waals surface area contributed by atoms with Gasteiger partial charge in [-0.3, -0.25) is 4.72 Å². The molecular weight excluding hydrogens is 524 g/mol. The minimum Gasteiger partial charge on any atom is -0.495 e. The molecule has 14 heteroatoms. The monoisotopic (exact) mass is 548 g/mol. The van der Waals surface area contributed by atoms with Crippen molar-refractivity contribution in [3.8, 4) is 22.4 Å². The Balaban J connectivity index is 1.60. The minimum absolute atomic E-state index is 0.0151. The number of aromatic nitrogens is 2. The average Bonchev–Trinajstić information content (AvgIpc) is 3.52. The molecule has 1 amide bonds. The van der Waals surface area contributed by atoms with Crippen LogP contribution in [0.4, 0.5) is 10.6 Å². The lowest BCUT2D eigenvalue weighted by atomic mass is 10.2. The summed E-state index contributed by atoms with van der Waals surface area (Å²) in [6.07, 6.45) is 1.66. The highest BCUT2D eigenvalue weighted by Crippen LogP contribution is 2.39. The number of nitrogens with zero attached hydrogens (tertiary/aromatic N) is 2. The largest absolute Gasteiger partial charge is 0.495 e. The molecule has 0 bridgehead atoms. The van der Waals surface area contributed by atoms with E-state index in [0.29, 0.717) is 22.8 Å². The Bertz CT molecular complexity index is 1530. The quantitative estimate of drug-likeness (QED) is 0.293. The number of amides is 1. The highest BCUT2D eigenvalue weighted by Gasteiger charge is 2.24. The number of methoxy groups -OCH3 is 3. The number of hydrogen-bond donors (Lipinski definition) is 2. The van der Waals surface area contributed by atoms with E-state index in [4.69, 9.17) is 18.7 Å². The zero-order valence-electron chi connectivity index (χ0n) is 20.4. The Morgan fingerprint density at radius 1 is 1.08 bits per heavy atom. The van der Waals surface area contributed by atoms with Crippen molar-refractivity contribution in [2.75, 3.05) is 26.1 Å². The summed E-state index contributed by atoms with van der Waals surface area (Å²) in [6, 6.07) is 8.03. The molecule has 2 aromatic carbocycles. The molecule has 0 atom stereocenters. The van der Waals surface area contributed by atoms with E-state index in [-0.39, 0.29) is 34.3 Å². The van der Waals surface area contributed by atoms with Crippen LogP contribution in [0.3, 0.4) is 0 Å². The van der Waals surface area contributed by atoms with Crippen LogP contribution in [0.5, 0.6) is 22.4 Å². The van der Waals surface area contributed by atoms with Gasteiger partial charge in [-0.15, -0.1) is 0 Å². The zero-order chi connectivity index (χ0) is 26.6. The standard InChI is InChI=1S/C23H24N4O8S2/c1-5-13-6-7-16(31-2)20(8-13)37(29,30)27-21-15-9-18(32-3)19(10-17(15)35-26-21)34-23-25-12-14(36-23)11-24-22(28)33-4/h6-10,12H,5,11H2,1-4H3,(H,24,28)(H,26,27). The predicted molar refractivity (Wildman–Crippen MR) is 135 cm³/mol. The van der Waals surface area contributed by atoms with Gasteiger partial charge < -0.3 is 28.8 Å². The fourth-order valence-corrected chi connectivity index (χ4v) is 5.28. The number of anilines is 1. The Morgan fingerprint density at radius 3 is 2.57 bits per heavy atom. The maximum Gasteiger partial charge on any atom is 0.407 e. The molecule has 2 aromatic heterocycles. The van der Waals surface area contributed by atoms with Crippen molar-refractivity contribution in [2.45, 2.75) is 24.8 Å². The lowest BCUT2D eigenvalue weighted by Gasteiger charge is -2.12. The first kappa shape index (κ1) is 26.0. The van der Waals surface area contributed by atoms with Crippen molar-refractivity contribution < 1.29 is 36.7 Å². The topological polar surface area (TPSA) is 151 Å². The van der Waals surface area contributed by atoms with Gasteiger partial charge in [0.1, 0.15) is 10.6 Å². The van der Waals surface area contributed by atoms with Crippen LogP contribution in [0.25, 0.3) is 11.0 Å². The molecule has 0 radical (unpaired) electrons. The second-order valence-electron chi connectivity index (χ2n) is 7.51. The Hall–Kier alpha value is -4.04. The number of nitrogens with one attached hydrogen (secondary N) is 2. The molecule has 0 saturated heterocycles. The Kier molecular flexibility index (Phi) is 7.69. The fraction of sp³-hybridized carbons (Fsp3) is 0.261. The molecule has 4 rings (SSSR count). The summed E-state index contributed by atoms with van der Waals surface area (Å²) in [5.74, 6) is 0.760. The summed E-state index contributed by atoms with van der Waals surface area (Å²) in [7, 11) is 0.0676. The number of benzene rings is 2. The van der Waals surface area contributed by atoms with Crippen LogP contribution in [0, 0.1) is 0 Å². The fourth-order valence-electron chi connectivity index (χ4n) is 3.34. The second-order valence-corrected chi connectivity index (χ2v) is 10.2. The summed E-state index contributed by atoms with van der Waals surface area (Å²) in [4.78, 5) is 16.2. The van der Waals surface area contributed by atoms with Gasteiger partial charge in [0.2, 0.25) is 0 Å². The number of aryl methyl sites for hydroxylation is 1. The summed E-state index contributed by atoms with van der Waals surface area (Å²) in [5.41, 5.74) is 1.09. The molecule has 12 nitrogen and oxygen atoms in total. The number of fused-ring (bicyclic) bond motifs is 1. The van der Waals surface area contributed by atoms with Crippen LogP contribution in [-0.2, 0) is 27.7 Å². The number of alkyl carbamates (subject to hydrolysis) is 1. The molecule has 0 fully saturated rings. The molecule has 2 N–H and O–H groups in total. The Morgan fingerprint density at radius 2 is 1.86 bits per heavy atom. The van der Waals surface area contributed by atoms with Gasteiger partial charge in [0.05, 0.1) is 33.3 Å². The highest BCUT2D eigenvalue weighted by molar-refractivity contribution is 7.92. The van der Waals surface area contributed by atoms with Crippen LogP contribution in [0.1, 0.15) is 17.4 Å². The summed E-state index contributed by atoms with van der Waals surface area (Å²) in [6.45, 7) is 2.15. The van der Waals surface area contributed by atoms with Gasteiger partial charge in [-0.1, -0.05) is 29.5 Å². The highest BCUT2D eigenvalue weighted by atomic mass is 32.2. The SMILES string of the molecule is CCc1ccc(OC)c(S(=O)(=O)Nc2noc3cc(Oc4ncc(CNC(=O)OC)s4)c(OC)cc23)c1. The number of carbonyl (C=O) groups excluding carboxylic acids is 1. The van der Waals surface area contributed by atoms with Gasteiger partial charge in [-0.25, -0.2) is 18.2 Å². The normalized spacial score (nSPS) is 11.2. The number of rotatable bonds is 10. The zero-order valence-corrected chi connectivity index (χ0v) is 22.0. The number of thiazole rings is 1. The molecular formula is C23H24N4O8S2. The maximum atomic E-state index is 13.2. The van der Waals surface area contributed by atoms with E-state index in [9.17, 15) is 13.2 Å². The third-order valence-corrected chi connectivity index (χ3v) is 7.47. The lowest BCUT2D eigenvalue weighted by molar-refractivity contribution is 0.170. The minimum atomic E-state index is -4.06. The van der Waals surface area contributed by atoms with Gasteiger partial charge >= 0.3 is 6.09 Å². The van der Waals surface area contributed by atoms with E-state index in [1.54, 1.807) is 30.5 Å². The van der Waals surface area contributed by atoms with E-state index in [2.05, 4.69) is 24.9 Å². The van der Waals surface area contributed by atoms with Crippen molar-refractivity contribution in [2.24, 2.45) is 0 Å². The van der Waals surface area contributed by atoms with Crippen LogP contribution >= 0.6 is 11.3 Å². The number of ether oxygens (including phenoxy) is 4. The Labute approximate surface area is 216 Å². The van der Waals surface area contributed by atoms with Crippen molar-refractivity contribution in [1.29, 1.82) is 0 Å². The lowest BCUT2D eigenvalue weighted by Crippen LogP contribution is -2.21. The number of sulfonamides is 1. The van der Waals surface area contributed by atoms with E-state index in [0.717, 1.165) is 10.4 Å². The molecule has 0 aliphatic carbocycles. The van der Waals surface area contributed by atoms with Crippen molar-refractivity contribution in [3.63, 3.8) is 0 Å². The molecule has 0 unspecified atom stereocenters. The molecule has 0 spiro atoms. The van der Waals surface area contributed by atoms with E-state index >= 15 is 0 Å². The number of carbonyl (C=O) groups is 1. The van der Waals surface area contributed by atoms with E-state index < -0.39 is 16.1 Å². The molecule has 4 aromatic rings. The first-order valence-corrected chi connectivity index (χ1v) is 13.2. The van der Waals surface area contributed by atoms with Gasteiger partial charge in [-0.05, 0) is 30.2 Å². The van der Waals surface area contributed by atoms with Crippen molar-refractivity contribution in [3.05, 3.63) is 47.0 Å². The summed E-state index contributed by atoms with van der Waals surface area (Å²) in [5, 5.41) is 7.12. The van der Waals surface area contributed by atoms with E-state index in [1.165, 1.54) is 38.7 Å². The van der Waals surface area contributed by atoms with Crippen LogP contribution in [0.15, 0.2) is 45.9 Å². The van der Waals surface area contributed by atoms with Gasteiger partial charge in [0, 0.05) is 17.1 Å². The van der Waals surface area contributed by atoms with Gasteiger partial charge in [0.15, 0.2) is 22.9 Å². The van der Waals surface area contributed by atoms with Crippen LogP contribution in [0.2, 0.25) is 0 Å². The molecule has 2 heterocycles. The van der Waals surface area contributed by atoms with Crippen molar-refractivity contribution in [1.82, 2.24) is 15.5 Å². The molecule has 0 aliphatic rings. The van der Waals surface area contributed by atoms with Gasteiger partial charge in [0.25, 0.3) is 15.2 Å². The summed E-state index contributed by atoms with van der Waals surface area (Å²) >= 11 is 1.21. The molecule has 37 heavy (non-hydrogen) atoms. The van der Waals surface area contributed by atoms with Crippen LogP contribution in [-0.4, -0.2) is 46.0 Å². The summed E-state index contributed by atoms with van der Waals surface area (Å²) < 4.78 is 55.3. The number of hydrogen-bond acceptors (Lipinski definition) is 11.